The number of hydrogen-bond acceptors (Lipinski definition) is 4. The smallest absolute Gasteiger partial charge is 0.313 e. The molecule has 0 aromatic heterocycles. The second kappa shape index (κ2) is 4.19. The van der Waals surface area contributed by atoms with Crippen LogP contribution in [-0.4, -0.2) is 18.9 Å². The number of para-hydroxylation sites is 2. The Kier molecular flexibility index (Phi) is 2.97. The standard InChI is InChI=1S/C14H18O4/c1-13(2,3)14(9-12(15)16-4)17-10-7-5-6-8-11(10)18-14/h5-8H,9H2,1-4H3. The third-order valence-electron chi connectivity index (χ3n) is 3.15. The first-order chi connectivity index (χ1) is 8.38. The molecule has 18 heavy (non-hydrogen) atoms. The van der Waals surface area contributed by atoms with Gasteiger partial charge in [-0.25, -0.2) is 0 Å². The fourth-order valence-corrected chi connectivity index (χ4v) is 1.90. The van der Waals surface area contributed by atoms with E-state index in [1.807, 2.05) is 45.0 Å². The maximum atomic E-state index is 11.6. The molecule has 4 nitrogen and oxygen atoms in total. The summed E-state index contributed by atoms with van der Waals surface area (Å²) in [6.07, 6.45) is 0.0572. The normalized spacial score (nSPS) is 16.4. The lowest BCUT2D eigenvalue weighted by molar-refractivity contribution is -0.182. The number of carbonyl (C=O) groups is 1. The van der Waals surface area contributed by atoms with Gasteiger partial charge in [0.1, 0.15) is 6.42 Å². The number of methoxy groups -OCH3 is 1. The number of hydrogen-bond donors (Lipinski definition) is 0. The van der Waals surface area contributed by atoms with Crippen molar-refractivity contribution in [1.82, 2.24) is 0 Å². The number of ether oxygens (including phenoxy) is 3. The Morgan fingerprint density at radius 1 is 1.22 bits per heavy atom. The summed E-state index contributed by atoms with van der Waals surface area (Å²) >= 11 is 0. The Hall–Kier alpha value is -1.71. The minimum atomic E-state index is -1.01. The molecular weight excluding hydrogens is 232 g/mol. The van der Waals surface area contributed by atoms with Crippen LogP contribution in [0.1, 0.15) is 27.2 Å². The molecule has 1 aromatic rings. The summed E-state index contributed by atoms with van der Waals surface area (Å²) in [5.41, 5.74) is -0.361. The summed E-state index contributed by atoms with van der Waals surface area (Å²) in [7, 11) is 1.36. The second-order valence-electron chi connectivity index (χ2n) is 5.41. The van der Waals surface area contributed by atoms with Crippen LogP contribution in [-0.2, 0) is 9.53 Å². The molecule has 1 aliphatic rings. The summed E-state index contributed by atoms with van der Waals surface area (Å²) in [5, 5.41) is 0. The average Bonchev–Trinajstić information content (AvgIpc) is 2.67. The molecule has 0 N–H and O–H groups in total. The molecule has 0 unspecified atom stereocenters. The van der Waals surface area contributed by atoms with Gasteiger partial charge < -0.3 is 14.2 Å². The largest absolute Gasteiger partial charge is 0.469 e. The fraction of sp³-hybridized carbons (Fsp3) is 0.500. The molecule has 0 fully saturated rings. The van der Waals surface area contributed by atoms with Gasteiger partial charge in [0, 0.05) is 5.41 Å². The molecule has 98 valence electrons. The van der Waals surface area contributed by atoms with E-state index < -0.39 is 5.79 Å². The van der Waals surface area contributed by atoms with E-state index in [0.29, 0.717) is 11.5 Å². The topological polar surface area (TPSA) is 44.8 Å². The fourth-order valence-electron chi connectivity index (χ4n) is 1.90. The van der Waals surface area contributed by atoms with E-state index in [4.69, 9.17) is 14.2 Å². The molecule has 2 rings (SSSR count). The van der Waals surface area contributed by atoms with Crippen LogP contribution >= 0.6 is 0 Å². The molecule has 4 heteroatoms. The van der Waals surface area contributed by atoms with Crippen molar-refractivity contribution in [2.24, 2.45) is 5.41 Å². The molecule has 0 spiro atoms. The van der Waals surface area contributed by atoms with Crippen molar-refractivity contribution in [3.63, 3.8) is 0 Å². The van der Waals surface area contributed by atoms with Crippen LogP contribution < -0.4 is 9.47 Å². The maximum absolute atomic E-state index is 11.6. The molecule has 0 saturated carbocycles. The number of benzene rings is 1. The Balaban J connectivity index is 2.34. The first-order valence-corrected chi connectivity index (χ1v) is 5.92. The number of rotatable bonds is 2. The van der Waals surface area contributed by atoms with E-state index >= 15 is 0 Å². The lowest BCUT2D eigenvalue weighted by atomic mass is 9.83. The average molecular weight is 250 g/mol. The van der Waals surface area contributed by atoms with Crippen molar-refractivity contribution in [2.75, 3.05) is 7.11 Å². The molecule has 0 bridgehead atoms. The Morgan fingerprint density at radius 2 is 1.72 bits per heavy atom. The highest BCUT2D eigenvalue weighted by molar-refractivity contribution is 5.71. The minimum Gasteiger partial charge on any atom is -0.469 e. The molecule has 0 radical (unpaired) electrons. The van der Waals surface area contributed by atoms with Crippen molar-refractivity contribution in [2.45, 2.75) is 33.0 Å². The molecule has 0 aliphatic carbocycles. The summed E-state index contributed by atoms with van der Waals surface area (Å²) in [4.78, 5) is 11.6. The zero-order valence-corrected chi connectivity index (χ0v) is 11.1. The number of fused-ring (bicyclic) bond motifs is 1. The Bertz CT molecular complexity index is 434. The van der Waals surface area contributed by atoms with Crippen LogP contribution in [0.4, 0.5) is 0 Å². The van der Waals surface area contributed by atoms with Crippen molar-refractivity contribution in [3.8, 4) is 11.5 Å². The summed E-state index contributed by atoms with van der Waals surface area (Å²) < 4.78 is 16.5. The quantitative estimate of drug-likeness (QED) is 0.757. The van der Waals surface area contributed by atoms with Gasteiger partial charge in [0.15, 0.2) is 11.5 Å². The first-order valence-electron chi connectivity index (χ1n) is 5.92. The zero-order chi connectivity index (χ0) is 13.4. The second-order valence-corrected chi connectivity index (χ2v) is 5.41. The van der Waals surface area contributed by atoms with Gasteiger partial charge in [0.05, 0.1) is 7.11 Å². The van der Waals surface area contributed by atoms with E-state index in [1.54, 1.807) is 0 Å². The highest BCUT2D eigenvalue weighted by Crippen LogP contribution is 2.48. The van der Waals surface area contributed by atoms with Gasteiger partial charge >= 0.3 is 5.97 Å². The van der Waals surface area contributed by atoms with Crippen LogP contribution in [0.25, 0.3) is 0 Å². The van der Waals surface area contributed by atoms with E-state index in [0.717, 1.165) is 0 Å². The lowest BCUT2D eigenvalue weighted by Gasteiger charge is -2.38. The van der Waals surface area contributed by atoms with Gasteiger partial charge in [-0.15, -0.1) is 0 Å². The highest BCUT2D eigenvalue weighted by atomic mass is 16.7. The van der Waals surface area contributed by atoms with Crippen LogP contribution in [0.15, 0.2) is 24.3 Å². The molecule has 1 aromatic carbocycles. The SMILES string of the molecule is COC(=O)CC1(C(C)(C)C)Oc2ccccc2O1. The third-order valence-corrected chi connectivity index (χ3v) is 3.15. The highest BCUT2D eigenvalue weighted by Gasteiger charge is 2.53. The van der Waals surface area contributed by atoms with Crippen LogP contribution in [0.2, 0.25) is 0 Å². The summed E-state index contributed by atoms with van der Waals surface area (Å²) in [6, 6.07) is 7.42. The third kappa shape index (κ3) is 2.03. The van der Waals surface area contributed by atoms with Crippen molar-refractivity contribution >= 4 is 5.97 Å². The molecule has 0 atom stereocenters. The van der Waals surface area contributed by atoms with E-state index in [1.165, 1.54) is 7.11 Å². The van der Waals surface area contributed by atoms with Gasteiger partial charge in [-0.3, -0.25) is 4.79 Å². The summed E-state index contributed by atoms with van der Waals surface area (Å²) in [6.45, 7) is 5.92. The van der Waals surface area contributed by atoms with Crippen molar-refractivity contribution in [3.05, 3.63) is 24.3 Å². The maximum Gasteiger partial charge on any atom is 0.313 e. The lowest BCUT2D eigenvalue weighted by Crippen LogP contribution is -2.52. The number of carbonyl (C=O) groups excluding carboxylic acids is 1. The monoisotopic (exact) mass is 250 g/mol. The van der Waals surface area contributed by atoms with Crippen LogP contribution in [0.5, 0.6) is 11.5 Å². The van der Waals surface area contributed by atoms with Gasteiger partial charge in [-0.05, 0) is 12.1 Å². The molecule has 0 amide bonds. The van der Waals surface area contributed by atoms with Crippen molar-refractivity contribution in [1.29, 1.82) is 0 Å². The zero-order valence-electron chi connectivity index (χ0n) is 11.1. The summed E-state index contributed by atoms with van der Waals surface area (Å²) in [5.74, 6) is -0.0329. The predicted molar refractivity (Wildman–Crippen MR) is 66.5 cm³/mol. The first kappa shape index (κ1) is 12.7. The van der Waals surface area contributed by atoms with Crippen LogP contribution in [0, 0.1) is 5.41 Å². The van der Waals surface area contributed by atoms with Gasteiger partial charge in [-0.2, -0.15) is 0 Å². The molecule has 0 saturated heterocycles. The molecule has 1 aliphatic heterocycles. The Morgan fingerprint density at radius 3 is 2.11 bits per heavy atom. The van der Waals surface area contributed by atoms with E-state index in [-0.39, 0.29) is 17.8 Å². The van der Waals surface area contributed by atoms with Crippen molar-refractivity contribution < 1.29 is 19.0 Å². The van der Waals surface area contributed by atoms with E-state index in [9.17, 15) is 4.79 Å². The molecular formula is C14H18O4. The van der Waals surface area contributed by atoms with E-state index in [2.05, 4.69) is 0 Å². The minimum absolute atomic E-state index is 0.0572. The van der Waals surface area contributed by atoms with Gasteiger partial charge in [0.2, 0.25) is 0 Å². The van der Waals surface area contributed by atoms with Crippen LogP contribution in [0.3, 0.4) is 0 Å². The molecule has 1 heterocycles. The van der Waals surface area contributed by atoms with Gasteiger partial charge in [-0.1, -0.05) is 32.9 Å². The van der Waals surface area contributed by atoms with Gasteiger partial charge in [0.25, 0.3) is 5.79 Å². The predicted octanol–water partition coefficient (Wildman–Crippen LogP) is 2.76. The Labute approximate surface area is 107 Å². The number of esters is 1.